The molecule has 0 spiro atoms. The molecule has 3 aromatic rings. The van der Waals surface area contributed by atoms with Crippen molar-refractivity contribution in [3.8, 4) is 5.69 Å². The van der Waals surface area contributed by atoms with Gasteiger partial charge in [0.2, 0.25) is 0 Å². The Bertz CT molecular complexity index is 1020. The highest BCUT2D eigenvalue weighted by molar-refractivity contribution is 5.91. The molecule has 0 fully saturated rings. The first kappa shape index (κ1) is 17.4. The number of hydrogen-bond donors (Lipinski definition) is 0. The number of rotatable bonds is 4. The Morgan fingerprint density at radius 1 is 1.15 bits per heavy atom. The predicted molar refractivity (Wildman–Crippen MR) is 104 cm³/mol. The van der Waals surface area contributed by atoms with Crippen molar-refractivity contribution in [3.63, 3.8) is 0 Å². The summed E-state index contributed by atoms with van der Waals surface area (Å²) < 4.78 is 15.0. The van der Waals surface area contributed by atoms with E-state index >= 15 is 0 Å². The van der Waals surface area contributed by atoms with E-state index in [1.54, 1.807) is 16.8 Å². The van der Waals surface area contributed by atoms with E-state index in [4.69, 9.17) is 0 Å². The molecule has 1 aromatic heterocycles. The highest BCUT2D eigenvalue weighted by Crippen LogP contribution is 2.40. The van der Waals surface area contributed by atoms with E-state index in [0.29, 0.717) is 12.8 Å². The number of nitrogens with zero attached hydrogens (tertiary/aromatic N) is 2. The molecule has 27 heavy (non-hydrogen) atoms. The number of aromatic nitrogens is 2. The van der Waals surface area contributed by atoms with Gasteiger partial charge in [-0.2, -0.15) is 5.10 Å². The molecule has 0 saturated carbocycles. The van der Waals surface area contributed by atoms with Crippen LogP contribution in [0.2, 0.25) is 0 Å². The Balaban J connectivity index is 1.66. The van der Waals surface area contributed by atoms with Gasteiger partial charge in [-0.25, -0.2) is 9.07 Å². The first-order chi connectivity index (χ1) is 13.0. The number of allylic oxidation sites excluding steroid dienone is 1. The number of hydrogen-bond acceptors (Lipinski definition) is 2. The summed E-state index contributed by atoms with van der Waals surface area (Å²) in [5, 5.41) is 4.48. The highest BCUT2D eigenvalue weighted by Gasteiger charge is 2.38. The second kappa shape index (κ2) is 6.62. The van der Waals surface area contributed by atoms with Gasteiger partial charge in [0, 0.05) is 6.42 Å². The molecule has 4 rings (SSSR count). The molecule has 136 valence electrons. The van der Waals surface area contributed by atoms with Crippen molar-refractivity contribution in [2.75, 3.05) is 0 Å². The van der Waals surface area contributed by atoms with Crippen LogP contribution < -0.4 is 0 Å². The number of benzene rings is 2. The van der Waals surface area contributed by atoms with Crippen LogP contribution in [0.3, 0.4) is 0 Å². The van der Waals surface area contributed by atoms with E-state index < -0.39 is 5.41 Å². The molecule has 1 aliphatic rings. The lowest BCUT2D eigenvalue weighted by Crippen LogP contribution is -2.35. The van der Waals surface area contributed by atoms with Crippen molar-refractivity contribution in [2.24, 2.45) is 5.41 Å². The Morgan fingerprint density at radius 3 is 2.56 bits per heavy atom. The Morgan fingerprint density at radius 2 is 1.85 bits per heavy atom. The SMILES string of the molecule is CC1=Cc2c(cnn2-c2ccc(F)cc2)C[C@]1(C)C(=O)Cc1ccccc1. The standard InChI is InChI=1S/C23H21FN2O/c1-16-12-21-18(15-25-26(21)20-10-8-19(24)9-11-20)14-23(16,2)22(27)13-17-6-4-3-5-7-17/h3-12,15H,13-14H2,1-2H3/t23-/m0/s1. The van der Waals surface area contributed by atoms with Gasteiger partial charge in [0.05, 0.1) is 23.0 Å². The largest absolute Gasteiger partial charge is 0.298 e. The minimum atomic E-state index is -0.542. The van der Waals surface area contributed by atoms with Crippen molar-refractivity contribution in [2.45, 2.75) is 26.7 Å². The summed E-state index contributed by atoms with van der Waals surface area (Å²) in [6.45, 7) is 4.02. The van der Waals surface area contributed by atoms with Crippen LogP contribution >= 0.6 is 0 Å². The van der Waals surface area contributed by atoms with Crippen LogP contribution in [0.1, 0.15) is 30.7 Å². The second-order valence-electron chi connectivity index (χ2n) is 7.37. The number of carbonyl (C=O) groups is 1. The monoisotopic (exact) mass is 360 g/mol. The van der Waals surface area contributed by atoms with Crippen LogP contribution in [0.4, 0.5) is 4.39 Å². The van der Waals surface area contributed by atoms with Crippen molar-refractivity contribution in [1.82, 2.24) is 9.78 Å². The summed E-state index contributed by atoms with van der Waals surface area (Å²) in [5.74, 6) is -0.0618. The molecule has 2 aromatic carbocycles. The average molecular weight is 360 g/mol. The fourth-order valence-corrected chi connectivity index (χ4v) is 3.65. The lowest BCUT2D eigenvalue weighted by Gasteiger charge is -2.32. The first-order valence-electron chi connectivity index (χ1n) is 9.06. The van der Waals surface area contributed by atoms with Crippen LogP contribution in [0.25, 0.3) is 11.8 Å². The summed E-state index contributed by atoms with van der Waals surface area (Å²) >= 11 is 0. The van der Waals surface area contributed by atoms with Crippen molar-refractivity contribution >= 4 is 11.9 Å². The summed E-state index contributed by atoms with van der Waals surface area (Å²) in [4.78, 5) is 13.1. The maximum Gasteiger partial charge on any atom is 0.147 e. The number of Topliss-reactive ketones (excluding diaryl/α,β-unsaturated/α-hetero) is 1. The fourth-order valence-electron chi connectivity index (χ4n) is 3.65. The Kier molecular flexibility index (Phi) is 4.27. The molecular formula is C23H21FN2O. The summed E-state index contributed by atoms with van der Waals surface area (Å²) in [6, 6.07) is 16.1. The minimum absolute atomic E-state index is 0.211. The van der Waals surface area contributed by atoms with Crippen LogP contribution in [0.5, 0.6) is 0 Å². The van der Waals surface area contributed by atoms with Crippen LogP contribution in [0, 0.1) is 11.2 Å². The van der Waals surface area contributed by atoms with Crippen LogP contribution in [0.15, 0.2) is 66.4 Å². The van der Waals surface area contributed by atoms with E-state index in [0.717, 1.165) is 28.1 Å². The Labute approximate surface area is 158 Å². The number of carbonyl (C=O) groups excluding carboxylic acids is 1. The summed E-state index contributed by atoms with van der Waals surface area (Å²) in [7, 11) is 0. The third kappa shape index (κ3) is 3.12. The van der Waals surface area contributed by atoms with Crippen molar-refractivity contribution in [3.05, 3.63) is 89.0 Å². The highest BCUT2D eigenvalue weighted by atomic mass is 19.1. The molecule has 0 radical (unpaired) electrons. The van der Waals surface area contributed by atoms with Gasteiger partial charge < -0.3 is 0 Å². The molecule has 0 unspecified atom stereocenters. The summed E-state index contributed by atoms with van der Waals surface area (Å²) in [6.07, 6.45) is 4.90. The normalized spacial score (nSPS) is 18.7. The van der Waals surface area contributed by atoms with Gasteiger partial charge in [-0.3, -0.25) is 4.79 Å². The third-order valence-corrected chi connectivity index (χ3v) is 5.55. The van der Waals surface area contributed by atoms with Gasteiger partial charge in [0.15, 0.2) is 0 Å². The van der Waals surface area contributed by atoms with Gasteiger partial charge in [0.25, 0.3) is 0 Å². The molecule has 3 nitrogen and oxygen atoms in total. The quantitative estimate of drug-likeness (QED) is 0.670. The fraction of sp³-hybridized carbons (Fsp3) is 0.217. The van der Waals surface area contributed by atoms with E-state index in [1.807, 2.05) is 56.5 Å². The van der Waals surface area contributed by atoms with Gasteiger partial charge >= 0.3 is 0 Å². The average Bonchev–Trinajstić information content (AvgIpc) is 3.06. The molecular weight excluding hydrogens is 339 g/mol. The Hall–Kier alpha value is -3.01. The molecule has 0 aliphatic heterocycles. The van der Waals surface area contributed by atoms with Crippen LogP contribution in [-0.4, -0.2) is 15.6 Å². The molecule has 0 bridgehead atoms. The molecule has 0 amide bonds. The smallest absolute Gasteiger partial charge is 0.147 e. The van der Waals surface area contributed by atoms with E-state index in [1.165, 1.54) is 12.1 Å². The lowest BCUT2D eigenvalue weighted by atomic mass is 9.70. The van der Waals surface area contributed by atoms with Crippen LogP contribution in [-0.2, 0) is 17.6 Å². The molecule has 1 atom stereocenters. The zero-order valence-corrected chi connectivity index (χ0v) is 15.4. The number of fused-ring (bicyclic) bond motifs is 1. The van der Waals surface area contributed by atoms with E-state index in [-0.39, 0.29) is 11.6 Å². The topological polar surface area (TPSA) is 34.9 Å². The third-order valence-electron chi connectivity index (χ3n) is 5.55. The zero-order valence-electron chi connectivity index (χ0n) is 15.4. The molecule has 1 aliphatic carbocycles. The maximum absolute atomic E-state index is 13.2. The van der Waals surface area contributed by atoms with Gasteiger partial charge in [-0.05, 0) is 61.7 Å². The van der Waals surface area contributed by atoms with Crippen molar-refractivity contribution in [1.29, 1.82) is 0 Å². The van der Waals surface area contributed by atoms with E-state index in [2.05, 4.69) is 5.10 Å². The lowest BCUT2D eigenvalue weighted by molar-refractivity contribution is -0.125. The van der Waals surface area contributed by atoms with Gasteiger partial charge in [-0.1, -0.05) is 35.9 Å². The summed E-state index contributed by atoms with van der Waals surface area (Å²) in [5.41, 5.74) is 4.32. The predicted octanol–water partition coefficient (Wildman–Crippen LogP) is 4.79. The zero-order chi connectivity index (χ0) is 19.0. The molecule has 4 heteroatoms. The second-order valence-corrected chi connectivity index (χ2v) is 7.37. The number of halogens is 1. The number of ketones is 1. The van der Waals surface area contributed by atoms with Crippen molar-refractivity contribution < 1.29 is 9.18 Å². The van der Waals surface area contributed by atoms with Gasteiger partial charge in [-0.15, -0.1) is 0 Å². The molecule has 0 saturated heterocycles. The maximum atomic E-state index is 13.2. The molecule has 1 heterocycles. The minimum Gasteiger partial charge on any atom is -0.298 e. The first-order valence-corrected chi connectivity index (χ1v) is 9.06. The van der Waals surface area contributed by atoms with E-state index in [9.17, 15) is 9.18 Å². The van der Waals surface area contributed by atoms with Gasteiger partial charge in [0.1, 0.15) is 11.6 Å². The molecule has 0 N–H and O–H groups in total.